The second-order valence-corrected chi connectivity index (χ2v) is 6.63. The van der Waals surface area contributed by atoms with E-state index < -0.39 is 11.7 Å². The van der Waals surface area contributed by atoms with Gasteiger partial charge in [-0.05, 0) is 27.6 Å². The van der Waals surface area contributed by atoms with Gasteiger partial charge in [0.1, 0.15) is 0 Å². The van der Waals surface area contributed by atoms with E-state index in [4.69, 9.17) is 9.47 Å². The van der Waals surface area contributed by atoms with E-state index in [1.165, 1.54) is 0 Å². The summed E-state index contributed by atoms with van der Waals surface area (Å²) in [5.74, 6) is 0. The molecule has 1 aliphatic heterocycles. The number of nitroso groups, excluding NO2 is 1. The van der Waals surface area contributed by atoms with E-state index in [1.807, 2.05) is 24.3 Å². The summed E-state index contributed by atoms with van der Waals surface area (Å²) >= 11 is 0. The Morgan fingerprint density at radius 1 is 1.00 bits per heavy atom. The Morgan fingerprint density at radius 2 is 1.56 bits per heavy atom. The molecule has 0 aliphatic carbocycles. The Morgan fingerprint density at radius 3 is 2.08 bits per heavy atom. The van der Waals surface area contributed by atoms with Gasteiger partial charge >= 0.3 is 0 Å². The Labute approximate surface area is 145 Å². The Kier molecular flexibility index (Phi) is 4.21. The minimum Gasteiger partial charge on any atom is -0.396 e. The van der Waals surface area contributed by atoms with E-state index in [9.17, 15) is 10.0 Å². The Balaban J connectivity index is 1.79. The molecule has 3 aromatic rings. The molecule has 0 atom stereocenters. The SMILES string of the molecule is O=NCC1(CO)COC(c2c3ccccc3cc3ccccc23)OC1. The van der Waals surface area contributed by atoms with Gasteiger partial charge in [-0.25, -0.2) is 0 Å². The van der Waals surface area contributed by atoms with Crippen molar-refractivity contribution in [3.05, 3.63) is 65.1 Å². The molecule has 0 radical (unpaired) electrons. The lowest BCUT2D eigenvalue weighted by Crippen LogP contribution is -2.44. The summed E-state index contributed by atoms with van der Waals surface area (Å²) in [6.07, 6.45) is -0.540. The topological polar surface area (TPSA) is 68.1 Å². The third kappa shape index (κ3) is 2.80. The van der Waals surface area contributed by atoms with Gasteiger partial charge in [0, 0.05) is 5.56 Å². The largest absolute Gasteiger partial charge is 0.396 e. The number of hydrogen-bond donors (Lipinski definition) is 1. The molecule has 5 nitrogen and oxygen atoms in total. The van der Waals surface area contributed by atoms with Gasteiger partial charge in [0.25, 0.3) is 0 Å². The van der Waals surface area contributed by atoms with Crippen molar-refractivity contribution < 1.29 is 14.6 Å². The van der Waals surface area contributed by atoms with Crippen molar-refractivity contribution >= 4 is 21.5 Å². The first-order chi connectivity index (χ1) is 12.3. The number of fused-ring (bicyclic) bond motifs is 2. The van der Waals surface area contributed by atoms with Crippen molar-refractivity contribution in [2.45, 2.75) is 6.29 Å². The van der Waals surface area contributed by atoms with E-state index >= 15 is 0 Å². The molecule has 4 rings (SSSR count). The van der Waals surface area contributed by atoms with Crippen LogP contribution in [0.2, 0.25) is 0 Å². The molecule has 5 heteroatoms. The molecular weight excluding hydrogens is 318 g/mol. The van der Waals surface area contributed by atoms with Crippen LogP contribution in [0.15, 0.2) is 59.8 Å². The Hall–Kier alpha value is -2.34. The van der Waals surface area contributed by atoms with Crippen molar-refractivity contribution in [3.63, 3.8) is 0 Å². The molecule has 0 spiro atoms. The number of aliphatic hydroxyl groups excluding tert-OH is 1. The maximum absolute atomic E-state index is 10.7. The van der Waals surface area contributed by atoms with Gasteiger partial charge in [-0.1, -0.05) is 53.7 Å². The lowest BCUT2D eigenvalue weighted by atomic mass is 9.90. The van der Waals surface area contributed by atoms with Crippen LogP contribution in [0.25, 0.3) is 21.5 Å². The van der Waals surface area contributed by atoms with Crippen LogP contribution in [0.5, 0.6) is 0 Å². The molecule has 128 valence electrons. The van der Waals surface area contributed by atoms with Crippen molar-refractivity contribution in [2.75, 3.05) is 26.4 Å². The Bertz CT molecular complexity index is 862. The summed E-state index contributed by atoms with van der Waals surface area (Å²) in [6.45, 7) is 0.253. The van der Waals surface area contributed by atoms with Crippen molar-refractivity contribution in [2.24, 2.45) is 10.6 Å². The van der Waals surface area contributed by atoms with Gasteiger partial charge in [0.05, 0.1) is 31.8 Å². The average Bonchev–Trinajstić information content (AvgIpc) is 2.67. The van der Waals surface area contributed by atoms with Gasteiger partial charge in [-0.3, -0.25) is 0 Å². The van der Waals surface area contributed by atoms with Crippen molar-refractivity contribution in [3.8, 4) is 0 Å². The maximum Gasteiger partial charge on any atom is 0.185 e. The highest BCUT2D eigenvalue weighted by Crippen LogP contribution is 2.39. The first-order valence-electron chi connectivity index (χ1n) is 8.30. The quantitative estimate of drug-likeness (QED) is 0.581. The second-order valence-electron chi connectivity index (χ2n) is 6.63. The smallest absolute Gasteiger partial charge is 0.185 e. The van der Waals surface area contributed by atoms with Crippen LogP contribution in [0.4, 0.5) is 0 Å². The summed E-state index contributed by atoms with van der Waals surface area (Å²) in [4.78, 5) is 10.7. The van der Waals surface area contributed by atoms with Crippen LogP contribution >= 0.6 is 0 Å². The normalized spacial score (nSPS) is 23.8. The number of hydrogen-bond acceptors (Lipinski definition) is 5. The monoisotopic (exact) mass is 337 g/mol. The molecule has 3 aromatic carbocycles. The third-order valence-corrected chi connectivity index (χ3v) is 4.87. The number of rotatable bonds is 4. The van der Waals surface area contributed by atoms with Crippen molar-refractivity contribution in [1.29, 1.82) is 0 Å². The van der Waals surface area contributed by atoms with Crippen LogP contribution in [0.1, 0.15) is 11.9 Å². The van der Waals surface area contributed by atoms with E-state index in [0.717, 1.165) is 27.1 Å². The van der Waals surface area contributed by atoms with Gasteiger partial charge < -0.3 is 14.6 Å². The molecule has 0 bridgehead atoms. The number of nitrogens with zero attached hydrogens (tertiary/aromatic N) is 1. The molecule has 0 unspecified atom stereocenters. The summed E-state index contributed by atoms with van der Waals surface area (Å²) in [5.41, 5.74) is 0.234. The molecular formula is C20H19NO4. The first kappa shape index (κ1) is 16.1. The van der Waals surface area contributed by atoms with Crippen LogP contribution in [-0.4, -0.2) is 31.5 Å². The molecule has 0 amide bonds. The van der Waals surface area contributed by atoms with E-state index in [0.29, 0.717) is 0 Å². The van der Waals surface area contributed by atoms with Crippen LogP contribution in [-0.2, 0) is 9.47 Å². The van der Waals surface area contributed by atoms with Gasteiger partial charge in [-0.2, -0.15) is 4.91 Å². The highest BCUT2D eigenvalue weighted by molar-refractivity contribution is 6.02. The molecule has 1 N–H and O–H groups in total. The number of aliphatic hydroxyl groups is 1. The number of benzene rings is 3. The fourth-order valence-electron chi connectivity index (χ4n) is 3.43. The zero-order valence-corrected chi connectivity index (χ0v) is 13.7. The summed E-state index contributed by atoms with van der Waals surface area (Å²) in [5, 5.41) is 16.9. The minimum atomic E-state index is -0.751. The highest BCUT2D eigenvalue weighted by Gasteiger charge is 2.38. The molecule has 0 aromatic heterocycles. The molecule has 1 saturated heterocycles. The summed E-state index contributed by atoms with van der Waals surface area (Å²) in [6, 6.07) is 18.4. The van der Waals surface area contributed by atoms with Gasteiger partial charge in [0.2, 0.25) is 0 Å². The van der Waals surface area contributed by atoms with E-state index in [1.54, 1.807) is 0 Å². The fraction of sp³-hybridized carbons (Fsp3) is 0.300. The fourth-order valence-corrected chi connectivity index (χ4v) is 3.43. The molecule has 1 aliphatic rings. The second kappa shape index (κ2) is 6.52. The molecule has 1 heterocycles. The summed E-state index contributed by atoms with van der Waals surface area (Å²) in [7, 11) is 0. The summed E-state index contributed by atoms with van der Waals surface area (Å²) < 4.78 is 11.9. The van der Waals surface area contributed by atoms with E-state index in [2.05, 4.69) is 35.5 Å². The van der Waals surface area contributed by atoms with Crippen LogP contribution < -0.4 is 0 Å². The zero-order chi connectivity index (χ0) is 17.3. The first-order valence-corrected chi connectivity index (χ1v) is 8.30. The molecule has 1 fully saturated rings. The number of ether oxygens (including phenoxy) is 2. The standard InChI is InChI=1S/C20H19NO4/c22-11-20(10-21-23)12-24-19(25-13-20)18-16-7-3-1-5-14(16)9-15-6-2-4-8-17(15)18/h1-9,19,22H,10-13H2. The van der Waals surface area contributed by atoms with Crippen molar-refractivity contribution in [1.82, 2.24) is 0 Å². The van der Waals surface area contributed by atoms with E-state index in [-0.39, 0.29) is 26.4 Å². The lowest BCUT2D eigenvalue weighted by molar-refractivity contribution is -0.237. The molecule has 25 heavy (non-hydrogen) atoms. The molecule has 0 saturated carbocycles. The predicted molar refractivity (Wildman–Crippen MR) is 96.3 cm³/mol. The van der Waals surface area contributed by atoms with Gasteiger partial charge in [0.15, 0.2) is 6.29 Å². The van der Waals surface area contributed by atoms with Gasteiger partial charge in [-0.15, -0.1) is 0 Å². The zero-order valence-electron chi connectivity index (χ0n) is 13.7. The average molecular weight is 337 g/mol. The van der Waals surface area contributed by atoms with Crippen LogP contribution in [0.3, 0.4) is 0 Å². The third-order valence-electron chi connectivity index (χ3n) is 4.87. The predicted octanol–water partition coefficient (Wildman–Crippen LogP) is 3.78. The lowest BCUT2D eigenvalue weighted by Gasteiger charge is -2.37. The maximum atomic E-state index is 10.7. The highest BCUT2D eigenvalue weighted by atomic mass is 16.7. The van der Waals surface area contributed by atoms with Crippen LogP contribution in [0, 0.1) is 10.3 Å². The minimum absolute atomic E-state index is 0.0213.